The van der Waals surface area contributed by atoms with Crippen molar-refractivity contribution in [2.24, 2.45) is 5.92 Å². The Labute approximate surface area is 118 Å². The van der Waals surface area contributed by atoms with Crippen LogP contribution in [0, 0.1) is 5.92 Å². The van der Waals surface area contributed by atoms with E-state index < -0.39 is 0 Å². The van der Waals surface area contributed by atoms with E-state index in [2.05, 4.69) is 21.4 Å². The Morgan fingerprint density at radius 1 is 1.16 bits per heavy atom. The Hall–Kier alpha value is -1.35. The average Bonchev–Trinajstić information content (AvgIpc) is 2.46. The fraction of sp³-hybridized carbons (Fsp3) is 0.467. The standard InChI is InChI=1S/C15H18ClN3/c16-13-7-3-1-5-11(13)9-17-15-12-6-2-4-8-14(12)18-10-19-15/h2,4,6,8,10-11,13H,1,3,5,7,9H2,(H,17,18,19). The Balaban J connectivity index is 1.74. The molecule has 2 unspecified atom stereocenters. The molecular weight excluding hydrogens is 258 g/mol. The van der Waals surface area contributed by atoms with Crippen LogP contribution < -0.4 is 5.32 Å². The highest BCUT2D eigenvalue weighted by Crippen LogP contribution is 2.29. The summed E-state index contributed by atoms with van der Waals surface area (Å²) in [5.41, 5.74) is 0.978. The second kappa shape index (κ2) is 5.74. The van der Waals surface area contributed by atoms with Gasteiger partial charge in [-0.15, -0.1) is 11.6 Å². The predicted octanol–water partition coefficient (Wildman–Crippen LogP) is 3.84. The molecule has 1 saturated carbocycles. The van der Waals surface area contributed by atoms with Gasteiger partial charge in [0.05, 0.1) is 5.52 Å². The molecule has 2 aromatic rings. The van der Waals surface area contributed by atoms with Crippen LogP contribution in [0.3, 0.4) is 0 Å². The van der Waals surface area contributed by atoms with Crippen LogP contribution in [0.25, 0.3) is 10.9 Å². The Morgan fingerprint density at radius 3 is 2.89 bits per heavy atom. The lowest BCUT2D eigenvalue weighted by Crippen LogP contribution is -2.27. The summed E-state index contributed by atoms with van der Waals surface area (Å²) in [7, 11) is 0. The first kappa shape index (κ1) is 12.7. The molecule has 100 valence electrons. The smallest absolute Gasteiger partial charge is 0.137 e. The van der Waals surface area contributed by atoms with Crippen molar-refractivity contribution in [2.75, 3.05) is 11.9 Å². The molecule has 3 rings (SSSR count). The number of hydrogen-bond acceptors (Lipinski definition) is 3. The molecule has 1 fully saturated rings. The van der Waals surface area contributed by atoms with Crippen LogP contribution in [-0.4, -0.2) is 21.9 Å². The summed E-state index contributed by atoms with van der Waals surface area (Å²) < 4.78 is 0. The highest BCUT2D eigenvalue weighted by molar-refractivity contribution is 6.20. The lowest BCUT2D eigenvalue weighted by molar-refractivity contribution is 0.380. The Morgan fingerprint density at radius 2 is 2.00 bits per heavy atom. The molecule has 1 aromatic carbocycles. The lowest BCUT2D eigenvalue weighted by atomic mass is 9.89. The summed E-state index contributed by atoms with van der Waals surface area (Å²) >= 11 is 6.39. The molecule has 1 aliphatic rings. The minimum Gasteiger partial charge on any atom is -0.369 e. The topological polar surface area (TPSA) is 37.8 Å². The molecule has 0 aliphatic heterocycles. The van der Waals surface area contributed by atoms with Gasteiger partial charge < -0.3 is 5.32 Å². The maximum Gasteiger partial charge on any atom is 0.137 e. The van der Waals surface area contributed by atoms with Gasteiger partial charge in [-0.25, -0.2) is 9.97 Å². The van der Waals surface area contributed by atoms with E-state index in [1.807, 2.05) is 18.2 Å². The van der Waals surface area contributed by atoms with Crippen molar-refractivity contribution in [1.82, 2.24) is 9.97 Å². The lowest BCUT2D eigenvalue weighted by Gasteiger charge is -2.27. The van der Waals surface area contributed by atoms with Crippen molar-refractivity contribution in [2.45, 2.75) is 31.1 Å². The van der Waals surface area contributed by atoms with E-state index in [0.29, 0.717) is 11.3 Å². The van der Waals surface area contributed by atoms with Gasteiger partial charge in [-0.1, -0.05) is 25.0 Å². The highest BCUT2D eigenvalue weighted by atomic mass is 35.5. The van der Waals surface area contributed by atoms with Gasteiger partial charge in [0.15, 0.2) is 0 Å². The summed E-state index contributed by atoms with van der Waals surface area (Å²) in [5.74, 6) is 1.46. The van der Waals surface area contributed by atoms with Crippen molar-refractivity contribution in [3.8, 4) is 0 Å². The molecule has 0 amide bonds. The van der Waals surface area contributed by atoms with Gasteiger partial charge in [-0.3, -0.25) is 0 Å². The number of halogens is 1. The van der Waals surface area contributed by atoms with Crippen LogP contribution in [0.1, 0.15) is 25.7 Å². The Kier molecular flexibility index (Phi) is 3.83. The second-order valence-corrected chi connectivity index (χ2v) is 5.74. The van der Waals surface area contributed by atoms with Gasteiger partial charge in [0.1, 0.15) is 12.1 Å². The number of hydrogen-bond donors (Lipinski definition) is 1. The molecule has 1 aromatic heterocycles. The first-order valence-electron chi connectivity index (χ1n) is 6.92. The van der Waals surface area contributed by atoms with E-state index in [9.17, 15) is 0 Å². The van der Waals surface area contributed by atoms with E-state index in [1.165, 1.54) is 19.3 Å². The van der Waals surface area contributed by atoms with Crippen LogP contribution in [-0.2, 0) is 0 Å². The normalized spacial score (nSPS) is 23.4. The third-order valence-electron chi connectivity index (χ3n) is 3.89. The Bertz CT molecular complexity index is 553. The fourth-order valence-corrected chi connectivity index (χ4v) is 3.14. The molecule has 0 spiro atoms. The van der Waals surface area contributed by atoms with Crippen LogP contribution >= 0.6 is 11.6 Å². The molecule has 2 atom stereocenters. The molecular formula is C15H18ClN3. The SMILES string of the molecule is ClC1CCCCC1CNc1ncnc2ccccc12. The average molecular weight is 276 g/mol. The zero-order valence-corrected chi connectivity index (χ0v) is 11.6. The monoisotopic (exact) mass is 275 g/mol. The summed E-state index contributed by atoms with van der Waals surface area (Å²) in [6, 6.07) is 8.07. The predicted molar refractivity (Wildman–Crippen MR) is 79.6 cm³/mol. The number of anilines is 1. The molecule has 0 radical (unpaired) electrons. The van der Waals surface area contributed by atoms with Gasteiger partial charge in [-0.05, 0) is 30.9 Å². The second-order valence-electron chi connectivity index (χ2n) is 5.18. The summed E-state index contributed by atoms with van der Waals surface area (Å²) in [6.45, 7) is 0.898. The molecule has 19 heavy (non-hydrogen) atoms. The maximum atomic E-state index is 6.39. The van der Waals surface area contributed by atoms with E-state index in [0.717, 1.165) is 29.7 Å². The summed E-state index contributed by atoms with van der Waals surface area (Å²) in [5, 5.41) is 4.83. The van der Waals surface area contributed by atoms with Crippen molar-refractivity contribution in [1.29, 1.82) is 0 Å². The number of nitrogens with one attached hydrogen (secondary N) is 1. The fourth-order valence-electron chi connectivity index (χ4n) is 2.77. The first-order chi connectivity index (χ1) is 9.34. The van der Waals surface area contributed by atoms with Crippen LogP contribution in [0.5, 0.6) is 0 Å². The quantitative estimate of drug-likeness (QED) is 0.865. The van der Waals surface area contributed by atoms with Crippen LogP contribution in [0.2, 0.25) is 0 Å². The molecule has 0 bridgehead atoms. The molecule has 1 heterocycles. The third-order valence-corrected chi connectivity index (χ3v) is 4.47. The zero-order chi connectivity index (χ0) is 13.1. The zero-order valence-electron chi connectivity index (χ0n) is 10.8. The maximum absolute atomic E-state index is 6.39. The van der Waals surface area contributed by atoms with Gasteiger partial charge in [-0.2, -0.15) is 0 Å². The molecule has 1 aliphatic carbocycles. The largest absolute Gasteiger partial charge is 0.369 e. The number of rotatable bonds is 3. The van der Waals surface area contributed by atoms with Crippen molar-refractivity contribution in [3.63, 3.8) is 0 Å². The van der Waals surface area contributed by atoms with Gasteiger partial charge in [0, 0.05) is 17.3 Å². The third kappa shape index (κ3) is 2.81. The van der Waals surface area contributed by atoms with E-state index in [1.54, 1.807) is 6.33 Å². The molecule has 0 saturated heterocycles. The van der Waals surface area contributed by atoms with Crippen LogP contribution in [0.4, 0.5) is 5.82 Å². The van der Waals surface area contributed by atoms with Crippen molar-refractivity contribution in [3.05, 3.63) is 30.6 Å². The number of nitrogens with zero attached hydrogens (tertiary/aromatic N) is 2. The summed E-state index contributed by atoms with van der Waals surface area (Å²) in [4.78, 5) is 8.63. The minimum absolute atomic E-state index is 0.300. The molecule has 1 N–H and O–H groups in total. The van der Waals surface area contributed by atoms with Gasteiger partial charge >= 0.3 is 0 Å². The minimum atomic E-state index is 0.300. The van der Waals surface area contributed by atoms with Gasteiger partial charge in [0.25, 0.3) is 0 Å². The van der Waals surface area contributed by atoms with E-state index >= 15 is 0 Å². The number of para-hydroxylation sites is 1. The highest BCUT2D eigenvalue weighted by Gasteiger charge is 2.22. The van der Waals surface area contributed by atoms with E-state index in [4.69, 9.17) is 11.6 Å². The van der Waals surface area contributed by atoms with Crippen molar-refractivity contribution >= 4 is 28.3 Å². The number of fused-ring (bicyclic) bond motifs is 1. The van der Waals surface area contributed by atoms with Crippen molar-refractivity contribution < 1.29 is 0 Å². The number of aromatic nitrogens is 2. The summed E-state index contributed by atoms with van der Waals surface area (Å²) in [6.07, 6.45) is 6.52. The van der Waals surface area contributed by atoms with E-state index in [-0.39, 0.29) is 0 Å². The number of alkyl halides is 1. The van der Waals surface area contributed by atoms with Gasteiger partial charge in [0.2, 0.25) is 0 Å². The first-order valence-corrected chi connectivity index (χ1v) is 7.36. The number of benzene rings is 1. The molecule has 3 nitrogen and oxygen atoms in total. The molecule has 4 heteroatoms. The van der Waals surface area contributed by atoms with Crippen LogP contribution in [0.15, 0.2) is 30.6 Å².